The lowest BCUT2D eigenvalue weighted by atomic mass is 10.1. The van der Waals surface area contributed by atoms with Gasteiger partial charge in [-0.15, -0.1) is 0 Å². The van der Waals surface area contributed by atoms with E-state index in [-0.39, 0.29) is 6.03 Å². The van der Waals surface area contributed by atoms with Crippen LogP contribution in [0.4, 0.5) is 10.5 Å². The van der Waals surface area contributed by atoms with Crippen molar-refractivity contribution in [3.63, 3.8) is 0 Å². The van der Waals surface area contributed by atoms with Crippen LogP contribution in [0.15, 0.2) is 30.3 Å². The Balaban J connectivity index is 1.89. The van der Waals surface area contributed by atoms with E-state index >= 15 is 0 Å². The average Bonchev–Trinajstić information content (AvgIpc) is 2.50. The van der Waals surface area contributed by atoms with E-state index in [0.717, 1.165) is 18.7 Å². The van der Waals surface area contributed by atoms with E-state index in [2.05, 4.69) is 17.6 Å². The number of hydrogen-bond donors (Lipinski definition) is 2. The summed E-state index contributed by atoms with van der Waals surface area (Å²) in [6.07, 6.45) is 11.7. The first-order chi connectivity index (χ1) is 10.3. The zero-order valence-corrected chi connectivity index (χ0v) is 13.4. The smallest absolute Gasteiger partial charge is 0.319 e. The highest BCUT2D eigenvalue weighted by atomic mass is 16.2. The predicted octanol–water partition coefficient (Wildman–Crippen LogP) is 5.34. The molecule has 0 atom stereocenters. The summed E-state index contributed by atoms with van der Waals surface area (Å²) in [5.74, 6) is 0. The van der Waals surface area contributed by atoms with Crippen LogP contribution in [0.5, 0.6) is 0 Å². The quantitative estimate of drug-likeness (QED) is 0.531. The van der Waals surface area contributed by atoms with Crippen LogP contribution < -0.4 is 10.6 Å². The van der Waals surface area contributed by atoms with Gasteiger partial charge in [0.25, 0.3) is 0 Å². The average molecular weight is 290 g/mol. The topological polar surface area (TPSA) is 41.1 Å². The molecule has 0 unspecified atom stereocenters. The summed E-state index contributed by atoms with van der Waals surface area (Å²) in [5, 5.41) is 5.72. The molecule has 0 radical (unpaired) electrons. The Morgan fingerprint density at radius 3 is 2.05 bits per heavy atom. The number of hydrogen-bond acceptors (Lipinski definition) is 1. The third-order valence-corrected chi connectivity index (χ3v) is 3.60. The molecule has 1 aromatic carbocycles. The molecule has 0 aliphatic heterocycles. The minimum Gasteiger partial charge on any atom is -0.338 e. The van der Waals surface area contributed by atoms with Gasteiger partial charge in [0, 0.05) is 12.2 Å². The van der Waals surface area contributed by atoms with Gasteiger partial charge in [-0.1, -0.05) is 76.5 Å². The van der Waals surface area contributed by atoms with Crippen LogP contribution in [-0.2, 0) is 0 Å². The van der Waals surface area contributed by atoms with Crippen molar-refractivity contribution < 1.29 is 4.79 Å². The van der Waals surface area contributed by atoms with Gasteiger partial charge < -0.3 is 10.6 Å². The zero-order valence-electron chi connectivity index (χ0n) is 13.4. The van der Waals surface area contributed by atoms with Crippen LogP contribution in [0.25, 0.3) is 0 Å². The summed E-state index contributed by atoms with van der Waals surface area (Å²) in [4.78, 5) is 11.6. The SMILES string of the molecule is CCCCCCCCCCCNC(=O)Nc1ccccc1. The molecule has 21 heavy (non-hydrogen) atoms. The third-order valence-electron chi connectivity index (χ3n) is 3.60. The van der Waals surface area contributed by atoms with Crippen molar-refractivity contribution in [2.24, 2.45) is 0 Å². The number of anilines is 1. The second-order valence-corrected chi connectivity index (χ2v) is 5.58. The summed E-state index contributed by atoms with van der Waals surface area (Å²) < 4.78 is 0. The van der Waals surface area contributed by atoms with E-state index in [1.54, 1.807) is 0 Å². The second-order valence-electron chi connectivity index (χ2n) is 5.58. The van der Waals surface area contributed by atoms with Gasteiger partial charge in [0.05, 0.1) is 0 Å². The van der Waals surface area contributed by atoms with E-state index in [1.165, 1.54) is 51.4 Å². The Morgan fingerprint density at radius 2 is 1.43 bits per heavy atom. The summed E-state index contributed by atoms with van der Waals surface area (Å²) in [6.45, 7) is 3.01. The van der Waals surface area contributed by atoms with Gasteiger partial charge in [0.1, 0.15) is 0 Å². The van der Waals surface area contributed by atoms with E-state index in [0.29, 0.717) is 0 Å². The van der Waals surface area contributed by atoms with Gasteiger partial charge >= 0.3 is 6.03 Å². The summed E-state index contributed by atoms with van der Waals surface area (Å²) in [7, 11) is 0. The van der Waals surface area contributed by atoms with Gasteiger partial charge in [-0.25, -0.2) is 4.79 Å². The Morgan fingerprint density at radius 1 is 0.857 bits per heavy atom. The fourth-order valence-corrected chi connectivity index (χ4v) is 2.33. The maximum absolute atomic E-state index is 11.6. The largest absolute Gasteiger partial charge is 0.338 e. The van der Waals surface area contributed by atoms with Crippen molar-refractivity contribution in [1.29, 1.82) is 0 Å². The molecule has 3 heteroatoms. The Bertz CT molecular complexity index is 365. The minimum atomic E-state index is -0.110. The molecule has 1 aromatic rings. The van der Waals surface area contributed by atoms with Gasteiger partial charge in [0.2, 0.25) is 0 Å². The van der Waals surface area contributed by atoms with Crippen LogP contribution in [0, 0.1) is 0 Å². The summed E-state index contributed by atoms with van der Waals surface area (Å²) in [6, 6.07) is 9.43. The number of carbonyl (C=O) groups is 1. The molecule has 2 N–H and O–H groups in total. The molecule has 118 valence electrons. The van der Waals surface area contributed by atoms with Crippen LogP contribution in [0.1, 0.15) is 64.7 Å². The first-order valence-electron chi connectivity index (χ1n) is 8.43. The molecule has 1 rings (SSSR count). The highest BCUT2D eigenvalue weighted by Crippen LogP contribution is 2.09. The van der Waals surface area contributed by atoms with Crippen molar-refractivity contribution in [1.82, 2.24) is 5.32 Å². The van der Waals surface area contributed by atoms with Crippen molar-refractivity contribution in [3.8, 4) is 0 Å². The molecule has 0 aliphatic rings. The fraction of sp³-hybridized carbons (Fsp3) is 0.611. The Hall–Kier alpha value is -1.51. The zero-order chi connectivity index (χ0) is 15.2. The van der Waals surface area contributed by atoms with Gasteiger partial charge in [0.15, 0.2) is 0 Å². The molecule has 0 aliphatic carbocycles. The molecule has 0 fully saturated rings. The molecule has 0 aromatic heterocycles. The van der Waals surface area contributed by atoms with Crippen molar-refractivity contribution in [2.75, 3.05) is 11.9 Å². The van der Waals surface area contributed by atoms with Crippen molar-refractivity contribution in [3.05, 3.63) is 30.3 Å². The van der Waals surface area contributed by atoms with Gasteiger partial charge in [-0.05, 0) is 18.6 Å². The van der Waals surface area contributed by atoms with Crippen molar-refractivity contribution in [2.45, 2.75) is 64.7 Å². The lowest BCUT2D eigenvalue weighted by Gasteiger charge is -2.07. The number of carbonyl (C=O) groups excluding carboxylic acids is 1. The van der Waals surface area contributed by atoms with Gasteiger partial charge in [-0.2, -0.15) is 0 Å². The maximum atomic E-state index is 11.6. The maximum Gasteiger partial charge on any atom is 0.319 e. The Labute approximate surface area is 129 Å². The number of unbranched alkanes of at least 4 members (excludes halogenated alkanes) is 8. The number of amides is 2. The molecule has 0 saturated heterocycles. The number of rotatable bonds is 11. The van der Waals surface area contributed by atoms with E-state index in [4.69, 9.17) is 0 Å². The van der Waals surface area contributed by atoms with E-state index < -0.39 is 0 Å². The number of nitrogens with one attached hydrogen (secondary N) is 2. The Kier molecular flexibility index (Phi) is 10.2. The molecule has 0 bridgehead atoms. The monoisotopic (exact) mass is 290 g/mol. The lowest BCUT2D eigenvalue weighted by molar-refractivity contribution is 0.252. The van der Waals surface area contributed by atoms with Crippen LogP contribution in [0.2, 0.25) is 0 Å². The normalized spacial score (nSPS) is 10.3. The molecule has 0 saturated carbocycles. The third kappa shape index (κ3) is 9.94. The highest BCUT2D eigenvalue weighted by Gasteiger charge is 1.99. The number of benzene rings is 1. The molecule has 0 heterocycles. The lowest BCUT2D eigenvalue weighted by Crippen LogP contribution is -2.29. The van der Waals surface area contributed by atoms with Crippen molar-refractivity contribution >= 4 is 11.7 Å². The molecule has 0 spiro atoms. The first-order valence-corrected chi connectivity index (χ1v) is 8.43. The molecule has 3 nitrogen and oxygen atoms in total. The molecular weight excluding hydrogens is 260 g/mol. The van der Waals surface area contributed by atoms with Crippen LogP contribution >= 0.6 is 0 Å². The van der Waals surface area contributed by atoms with E-state index in [9.17, 15) is 4.79 Å². The highest BCUT2D eigenvalue weighted by molar-refractivity contribution is 5.89. The minimum absolute atomic E-state index is 0.110. The number of urea groups is 1. The van der Waals surface area contributed by atoms with Gasteiger partial charge in [-0.3, -0.25) is 0 Å². The fourth-order valence-electron chi connectivity index (χ4n) is 2.33. The summed E-state index contributed by atoms with van der Waals surface area (Å²) >= 11 is 0. The van der Waals surface area contributed by atoms with Crippen LogP contribution in [-0.4, -0.2) is 12.6 Å². The van der Waals surface area contributed by atoms with E-state index in [1.807, 2.05) is 30.3 Å². The standard InChI is InChI=1S/C18H30N2O/c1-2-3-4-5-6-7-8-9-13-16-19-18(21)20-17-14-11-10-12-15-17/h10-12,14-15H,2-9,13,16H2,1H3,(H2,19,20,21). The molecule has 2 amide bonds. The van der Waals surface area contributed by atoms with Crippen LogP contribution in [0.3, 0.4) is 0 Å². The predicted molar refractivity (Wildman–Crippen MR) is 90.7 cm³/mol. The second kappa shape index (κ2) is 12.2. The molecular formula is C18H30N2O. The number of para-hydroxylation sites is 1. The summed E-state index contributed by atoms with van der Waals surface area (Å²) in [5.41, 5.74) is 0.835. The first kappa shape index (κ1) is 17.5.